The summed E-state index contributed by atoms with van der Waals surface area (Å²) in [5.74, 6) is -2.31. The van der Waals surface area contributed by atoms with Crippen molar-refractivity contribution in [1.29, 1.82) is 0 Å². The van der Waals surface area contributed by atoms with Crippen molar-refractivity contribution in [3.8, 4) is 0 Å². The fourth-order valence-corrected chi connectivity index (χ4v) is 4.15. The minimum Gasteiger partial charge on any atom is -0.480 e. The molecule has 156 valence electrons. The number of aryl methyl sites for hydroxylation is 1. The van der Waals surface area contributed by atoms with Gasteiger partial charge in [-0.3, -0.25) is 9.69 Å². The summed E-state index contributed by atoms with van der Waals surface area (Å²) in [4.78, 5) is 27.6. The maximum Gasteiger partial charge on any atom is 0.335 e. The van der Waals surface area contributed by atoms with Gasteiger partial charge in [-0.05, 0) is 42.5 Å². The summed E-state index contributed by atoms with van der Waals surface area (Å²) in [7, 11) is 1.82. The number of hydrogen-bond acceptors (Lipinski definition) is 4. The lowest BCUT2D eigenvalue weighted by molar-refractivity contribution is -0.143. The van der Waals surface area contributed by atoms with E-state index in [0.717, 1.165) is 11.2 Å². The van der Waals surface area contributed by atoms with Crippen LogP contribution in [0.4, 0.5) is 10.1 Å². The number of aromatic carboxylic acids is 1. The van der Waals surface area contributed by atoms with E-state index in [1.807, 2.05) is 16.5 Å². The summed E-state index contributed by atoms with van der Waals surface area (Å²) in [5.41, 5.74) is 2.39. The molecule has 2 heterocycles. The van der Waals surface area contributed by atoms with Crippen LogP contribution in [0, 0.1) is 5.82 Å². The van der Waals surface area contributed by atoms with Crippen LogP contribution in [0.2, 0.25) is 0 Å². The van der Waals surface area contributed by atoms with Gasteiger partial charge in [0, 0.05) is 61.6 Å². The lowest BCUT2D eigenvalue weighted by atomic mass is 10.0. The molecule has 2 aromatic carbocycles. The molecule has 1 aliphatic heterocycles. The number of rotatable bonds is 5. The number of piperazine rings is 1. The maximum absolute atomic E-state index is 13.2. The Labute approximate surface area is 172 Å². The number of carboxylic acid groups (broad SMARTS) is 2. The molecule has 1 saturated heterocycles. The van der Waals surface area contributed by atoms with E-state index in [2.05, 4.69) is 4.90 Å². The molecule has 1 aliphatic rings. The molecule has 1 atom stereocenters. The van der Waals surface area contributed by atoms with Crippen molar-refractivity contribution >= 4 is 28.5 Å². The van der Waals surface area contributed by atoms with E-state index >= 15 is 0 Å². The zero-order valence-electron chi connectivity index (χ0n) is 16.5. The van der Waals surface area contributed by atoms with Crippen molar-refractivity contribution in [2.24, 2.45) is 7.05 Å². The standard InChI is InChI=1S/C22H22FN3O4/c1-24-13-18(17-12-14(21(27)28)2-7-19(17)24)20(22(29)30)26-10-8-25(9-11-26)16-5-3-15(23)4-6-16/h2-7,12-13,20H,8-11H2,1H3,(H,27,28)(H,29,30)/t20-/m0/s1. The topological polar surface area (TPSA) is 86.0 Å². The predicted molar refractivity (Wildman–Crippen MR) is 110 cm³/mol. The summed E-state index contributed by atoms with van der Waals surface area (Å²) in [6.07, 6.45) is 1.77. The number of aromatic nitrogens is 1. The van der Waals surface area contributed by atoms with Gasteiger partial charge >= 0.3 is 11.9 Å². The molecule has 4 rings (SSSR count). The van der Waals surface area contributed by atoms with Crippen molar-refractivity contribution in [1.82, 2.24) is 9.47 Å². The monoisotopic (exact) mass is 411 g/mol. The van der Waals surface area contributed by atoms with Crippen molar-refractivity contribution in [3.63, 3.8) is 0 Å². The first kappa shape index (κ1) is 19.9. The summed E-state index contributed by atoms with van der Waals surface area (Å²) >= 11 is 0. The van der Waals surface area contributed by atoms with E-state index in [4.69, 9.17) is 0 Å². The molecule has 7 nitrogen and oxygen atoms in total. The Kier molecular flexibility index (Phi) is 5.17. The van der Waals surface area contributed by atoms with Gasteiger partial charge < -0.3 is 19.7 Å². The van der Waals surface area contributed by atoms with Crippen LogP contribution in [0.15, 0.2) is 48.7 Å². The van der Waals surface area contributed by atoms with Gasteiger partial charge in [-0.1, -0.05) is 0 Å². The van der Waals surface area contributed by atoms with Crippen molar-refractivity contribution in [2.75, 3.05) is 31.1 Å². The molecule has 0 spiro atoms. The predicted octanol–water partition coefficient (Wildman–Crippen LogP) is 2.96. The van der Waals surface area contributed by atoms with E-state index in [0.29, 0.717) is 37.1 Å². The molecule has 0 radical (unpaired) electrons. The molecule has 0 aliphatic carbocycles. The third-order valence-electron chi connectivity index (χ3n) is 5.67. The number of anilines is 1. The first-order valence-electron chi connectivity index (χ1n) is 9.65. The minimum atomic E-state index is -1.05. The van der Waals surface area contributed by atoms with Crippen LogP contribution < -0.4 is 4.90 Å². The Morgan fingerprint density at radius 2 is 1.67 bits per heavy atom. The minimum absolute atomic E-state index is 0.125. The van der Waals surface area contributed by atoms with Crippen LogP contribution in [0.1, 0.15) is 22.0 Å². The molecular weight excluding hydrogens is 389 g/mol. The van der Waals surface area contributed by atoms with Gasteiger partial charge in [0.2, 0.25) is 0 Å². The molecular formula is C22H22FN3O4. The molecule has 8 heteroatoms. The number of halogens is 1. The molecule has 0 bridgehead atoms. The van der Waals surface area contributed by atoms with Gasteiger partial charge in [0.15, 0.2) is 0 Å². The van der Waals surface area contributed by atoms with E-state index in [9.17, 15) is 24.2 Å². The Bertz CT molecular complexity index is 1100. The van der Waals surface area contributed by atoms with E-state index in [-0.39, 0.29) is 11.4 Å². The summed E-state index contributed by atoms with van der Waals surface area (Å²) in [6, 6.07) is 10.1. The average Bonchev–Trinajstić information content (AvgIpc) is 3.05. The van der Waals surface area contributed by atoms with Crippen LogP contribution in [-0.4, -0.2) is 57.8 Å². The second-order valence-corrected chi connectivity index (χ2v) is 7.47. The van der Waals surface area contributed by atoms with Crippen LogP contribution in [0.5, 0.6) is 0 Å². The highest BCUT2D eigenvalue weighted by atomic mass is 19.1. The second kappa shape index (κ2) is 7.79. The number of hydrogen-bond donors (Lipinski definition) is 2. The van der Waals surface area contributed by atoms with Gasteiger partial charge in [0.25, 0.3) is 0 Å². The number of carbonyl (C=O) groups is 2. The van der Waals surface area contributed by atoms with Gasteiger partial charge in [-0.2, -0.15) is 0 Å². The number of nitrogens with zero attached hydrogens (tertiary/aromatic N) is 3. The van der Waals surface area contributed by atoms with Gasteiger partial charge in [-0.15, -0.1) is 0 Å². The first-order chi connectivity index (χ1) is 14.3. The molecule has 0 amide bonds. The summed E-state index contributed by atoms with van der Waals surface area (Å²) < 4.78 is 15.0. The van der Waals surface area contributed by atoms with E-state index < -0.39 is 18.0 Å². The molecule has 1 fully saturated rings. The largest absolute Gasteiger partial charge is 0.480 e. The number of aliphatic carboxylic acids is 1. The highest BCUT2D eigenvalue weighted by molar-refractivity contribution is 5.96. The normalized spacial score (nSPS) is 16.0. The molecule has 2 N–H and O–H groups in total. The van der Waals surface area contributed by atoms with Crippen molar-refractivity contribution in [3.05, 3.63) is 65.6 Å². The van der Waals surface area contributed by atoms with E-state index in [1.54, 1.807) is 24.4 Å². The van der Waals surface area contributed by atoms with Crippen LogP contribution in [0.25, 0.3) is 10.9 Å². The second-order valence-electron chi connectivity index (χ2n) is 7.47. The van der Waals surface area contributed by atoms with Crippen LogP contribution >= 0.6 is 0 Å². The lowest BCUT2D eigenvalue weighted by Crippen LogP contribution is -2.49. The first-order valence-corrected chi connectivity index (χ1v) is 9.65. The smallest absolute Gasteiger partial charge is 0.335 e. The fraction of sp³-hybridized carbons (Fsp3) is 0.273. The Balaban J connectivity index is 1.62. The van der Waals surface area contributed by atoms with Gasteiger partial charge in [-0.25, -0.2) is 9.18 Å². The van der Waals surface area contributed by atoms with Gasteiger partial charge in [0.05, 0.1) is 5.56 Å². The molecule has 1 aromatic heterocycles. The van der Waals surface area contributed by atoms with Gasteiger partial charge in [0.1, 0.15) is 11.9 Å². The van der Waals surface area contributed by atoms with Crippen molar-refractivity contribution in [2.45, 2.75) is 6.04 Å². The molecule has 0 unspecified atom stereocenters. The zero-order valence-corrected chi connectivity index (χ0v) is 16.5. The van der Waals surface area contributed by atoms with Crippen LogP contribution in [0.3, 0.4) is 0 Å². The van der Waals surface area contributed by atoms with E-state index in [1.165, 1.54) is 24.3 Å². The molecule has 30 heavy (non-hydrogen) atoms. The Hall–Kier alpha value is -3.39. The number of fused-ring (bicyclic) bond motifs is 1. The molecule has 3 aromatic rings. The third-order valence-corrected chi connectivity index (χ3v) is 5.67. The fourth-order valence-electron chi connectivity index (χ4n) is 4.15. The zero-order chi connectivity index (χ0) is 21.4. The number of benzene rings is 2. The number of carboxylic acids is 2. The molecule has 0 saturated carbocycles. The quantitative estimate of drug-likeness (QED) is 0.671. The Morgan fingerprint density at radius 3 is 2.27 bits per heavy atom. The summed E-state index contributed by atoms with van der Waals surface area (Å²) in [5, 5.41) is 20.0. The Morgan fingerprint density at radius 1 is 1.00 bits per heavy atom. The SMILES string of the molecule is Cn1cc([C@@H](C(=O)O)N2CCN(c3ccc(F)cc3)CC2)c2cc(C(=O)O)ccc21. The van der Waals surface area contributed by atoms with Crippen molar-refractivity contribution < 1.29 is 24.2 Å². The third kappa shape index (κ3) is 3.61. The average molecular weight is 411 g/mol. The lowest BCUT2D eigenvalue weighted by Gasteiger charge is -2.38. The highest BCUT2D eigenvalue weighted by Crippen LogP contribution is 2.32. The maximum atomic E-state index is 13.2. The summed E-state index contributed by atoms with van der Waals surface area (Å²) in [6.45, 7) is 2.26. The highest BCUT2D eigenvalue weighted by Gasteiger charge is 2.32. The van der Waals surface area contributed by atoms with Crippen LogP contribution in [-0.2, 0) is 11.8 Å².